The molecule has 1 aromatic heterocycles. The minimum atomic E-state index is -0.0607. The van der Waals surface area contributed by atoms with E-state index in [4.69, 9.17) is 9.47 Å². The van der Waals surface area contributed by atoms with Crippen LogP contribution < -0.4 is 20.1 Å². The number of hydrogen-bond acceptors (Lipinski definition) is 5. The third-order valence-electron chi connectivity index (χ3n) is 5.23. The normalized spacial score (nSPS) is 20.5. The molecule has 7 heteroatoms. The SMILES string of the molecule is CCn1cc([C@@H]2NC(=O)CC[C@H]2N[C@H](C)Cc2ccc(OC)c(OC)c2)cn1. The highest BCUT2D eigenvalue weighted by Crippen LogP contribution is 2.29. The van der Waals surface area contributed by atoms with E-state index in [-0.39, 0.29) is 24.0 Å². The highest BCUT2D eigenvalue weighted by Gasteiger charge is 2.31. The van der Waals surface area contributed by atoms with E-state index in [9.17, 15) is 4.79 Å². The number of hydrogen-bond donors (Lipinski definition) is 2. The number of carbonyl (C=O) groups excluding carboxylic acids is 1. The Balaban J connectivity index is 1.68. The number of nitrogens with one attached hydrogen (secondary N) is 2. The zero-order chi connectivity index (χ0) is 20.1. The van der Waals surface area contributed by atoms with Gasteiger partial charge in [-0.05, 0) is 44.4 Å². The van der Waals surface area contributed by atoms with Gasteiger partial charge in [0.1, 0.15) is 0 Å². The Labute approximate surface area is 166 Å². The molecule has 1 aromatic carbocycles. The lowest BCUT2D eigenvalue weighted by molar-refractivity contribution is -0.124. The van der Waals surface area contributed by atoms with Gasteiger partial charge < -0.3 is 20.1 Å². The lowest BCUT2D eigenvalue weighted by Gasteiger charge is -2.34. The van der Waals surface area contributed by atoms with Crippen molar-refractivity contribution >= 4 is 5.91 Å². The van der Waals surface area contributed by atoms with Crippen molar-refractivity contribution in [3.8, 4) is 11.5 Å². The zero-order valence-corrected chi connectivity index (χ0v) is 17.1. The lowest BCUT2D eigenvalue weighted by atomic mass is 9.92. The molecule has 1 aliphatic heterocycles. The van der Waals surface area contributed by atoms with Gasteiger partial charge in [0.05, 0.1) is 26.5 Å². The maximum atomic E-state index is 12.0. The molecule has 3 atom stereocenters. The molecule has 152 valence electrons. The summed E-state index contributed by atoms with van der Waals surface area (Å²) < 4.78 is 12.6. The maximum absolute atomic E-state index is 12.0. The van der Waals surface area contributed by atoms with E-state index in [2.05, 4.69) is 35.6 Å². The summed E-state index contributed by atoms with van der Waals surface area (Å²) in [6, 6.07) is 6.36. The Morgan fingerprint density at radius 2 is 2.11 bits per heavy atom. The minimum Gasteiger partial charge on any atom is -0.493 e. The quantitative estimate of drug-likeness (QED) is 0.729. The summed E-state index contributed by atoms with van der Waals surface area (Å²) in [5.74, 6) is 1.57. The van der Waals surface area contributed by atoms with Crippen LogP contribution in [0.2, 0.25) is 0 Å². The Bertz CT molecular complexity index is 805. The van der Waals surface area contributed by atoms with E-state index in [0.717, 1.165) is 36.4 Å². The zero-order valence-electron chi connectivity index (χ0n) is 17.1. The standard InChI is InChI=1S/C21H30N4O3/c1-5-25-13-16(12-22-25)21-17(7-9-20(26)24-21)23-14(2)10-15-6-8-18(27-3)19(11-15)28-4/h6,8,11-14,17,21,23H,5,7,9-10H2,1-4H3,(H,24,26)/t14-,17-,21+/m1/s1. The number of ether oxygens (including phenoxy) is 2. The van der Waals surface area contributed by atoms with Crippen LogP contribution in [-0.4, -0.2) is 42.0 Å². The van der Waals surface area contributed by atoms with Gasteiger partial charge in [0.15, 0.2) is 11.5 Å². The Morgan fingerprint density at radius 1 is 1.32 bits per heavy atom. The summed E-state index contributed by atoms with van der Waals surface area (Å²) in [5, 5.41) is 11.2. The first-order valence-electron chi connectivity index (χ1n) is 9.82. The van der Waals surface area contributed by atoms with Gasteiger partial charge in [0.25, 0.3) is 0 Å². The number of rotatable bonds is 8. The largest absolute Gasteiger partial charge is 0.493 e. The summed E-state index contributed by atoms with van der Waals surface area (Å²) in [6.07, 6.45) is 6.08. The average molecular weight is 386 g/mol. The number of benzene rings is 1. The Morgan fingerprint density at radius 3 is 2.79 bits per heavy atom. The molecule has 2 N–H and O–H groups in total. The predicted octanol–water partition coefficient (Wildman–Crippen LogP) is 2.46. The highest BCUT2D eigenvalue weighted by atomic mass is 16.5. The van der Waals surface area contributed by atoms with Crippen molar-refractivity contribution in [2.45, 2.75) is 57.8 Å². The molecule has 1 aliphatic rings. The fourth-order valence-corrected chi connectivity index (χ4v) is 3.79. The number of piperidine rings is 1. The molecule has 0 unspecified atom stereocenters. The van der Waals surface area contributed by atoms with Crippen LogP contribution >= 0.6 is 0 Å². The number of aryl methyl sites for hydroxylation is 1. The molecule has 3 rings (SSSR count). The summed E-state index contributed by atoms with van der Waals surface area (Å²) in [6.45, 7) is 5.03. The molecule has 2 aromatic rings. The average Bonchev–Trinajstić information content (AvgIpc) is 3.18. The Hall–Kier alpha value is -2.54. The lowest BCUT2D eigenvalue weighted by Crippen LogP contribution is -2.51. The first-order chi connectivity index (χ1) is 13.5. The number of nitrogens with zero attached hydrogens (tertiary/aromatic N) is 2. The van der Waals surface area contributed by atoms with Crippen LogP contribution in [0.25, 0.3) is 0 Å². The van der Waals surface area contributed by atoms with Gasteiger partial charge in [-0.2, -0.15) is 5.10 Å². The summed E-state index contributed by atoms with van der Waals surface area (Å²) in [7, 11) is 3.29. The third kappa shape index (κ3) is 4.65. The molecular weight excluding hydrogens is 356 g/mol. The smallest absolute Gasteiger partial charge is 0.220 e. The van der Waals surface area contributed by atoms with Gasteiger partial charge in [0, 0.05) is 36.8 Å². The minimum absolute atomic E-state index is 0.0607. The molecule has 1 amide bonds. The number of methoxy groups -OCH3 is 2. The topological polar surface area (TPSA) is 77.4 Å². The fourth-order valence-electron chi connectivity index (χ4n) is 3.79. The number of aromatic nitrogens is 2. The first kappa shape index (κ1) is 20.2. The monoisotopic (exact) mass is 386 g/mol. The fraction of sp³-hybridized carbons (Fsp3) is 0.524. The second kappa shape index (κ2) is 9.10. The van der Waals surface area contributed by atoms with Gasteiger partial charge in [-0.15, -0.1) is 0 Å². The molecule has 1 saturated heterocycles. The van der Waals surface area contributed by atoms with E-state index in [1.807, 2.05) is 29.2 Å². The van der Waals surface area contributed by atoms with E-state index < -0.39 is 0 Å². The van der Waals surface area contributed by atoms with Crippen LogP contribution in [0.4, 0.5) is 0 Å². The van der Waals surface area contributed by atoms with Crippen molar-refractivity contribution in [3.63, 3.8) is 0 Å². The first-order valence-corrected chi connectivity index (χ1v) is 9.82. The van der Waals surface area contributed by atoms with Crippen molar-refractivity contribution in [2.24, 2.45) is 0 Å². The summed E-state index contributed by atoms with van der Waals surface area (Å²) in [5.41, 5.74) is 2.22. The molecule has 1 fully saturated rings. The van der Waals surface area contributed by atoms with Crippen LogP contribution in [0, 0.1) is 0 Å². The van der Waals surface area contributed by atoms with E-state index in [1.165, 1.54) is 5.56 Å². The highest BCUT2D eigenvalue weighted by molar-refractivity contribution is 5.77. The third-order valence-corrected chi connectivity index (χ3v) is 5.23. The van der Waals surface area contributed by atoms with Gasteiger partial charge in [-0.3, -0.25) is 9.48 Å². The molecule has 28 heavy (non-hydrogen) atoms. The van der Waals surface area contributed by atoms with Crippen LogP contribution in [-0.2, 0) is 17.8 Å². The second-order valence-corrected chi connectivity index (χ2v) is 7.28. The van der Waals surface area contributed by atoms with Gasteiger partial charge in [0.2, 0.25) is 5.91 Å². The molecule has 0 aliphatic carbocycles. The van der Waals surface area contributed by atoms with E-state index in [1.54, 1.807) is 14.2 Å². The Kier molecular flexibility index (Phi) is 6.57. The predicted molar refractivity (Wildman–Crippen MR) is 108 cm³/mol. The molecular formula is C21H30N4O3. The van der Waals surface area contributed by atoms with Gasteiger partial charge in [-0.25, -0.2) is 0 Å². The van der Waals surface area contributed by atoms with Crippen molar-refractivity contribution in [1.82, 2.24) is 20.4 Å². The van der Waals surface area contributed by atoms with Crippen molar-refractivity contribution < 1.29 is 14.3 Å². The van der Waals surface area contributed by atoms with Crippen LogP contribution in [0.1, 0.15) is 43.9 Å². The molecule has 0 spiro atoms. The maximum Gasteiger partial charge on any atom is 0.220 e. The molecule has 0 radical (unpaired) electrons. The molecule has 2 heterocycles. The van der Waals surface area contributed by atoms with Crippen molar-refractivity contribution in [3.05, 3.63) is 41.7 Å². The van der Waals surface area contributed by atoms with Crippen LogP contribution in [0.5, 0.6) is 11.5 Å². The van der Waals surface area contributed by atoms with E-state index >= 15 is 0 Å². The summed E-state index contributed by atoms with van der Waals surface area (Å²) >= 11 is 0. The van der Waals surface area contributed by atoms with E-state index in [0.29, 0.717) is 6.42 Å². The van der Waals surface area contributed by atoms with Crippen molar-refractivity contribution in [1.29, 1.82) is 0 Å². The second-order valence-electron chi connectivity index (χ2n) is 7.28. The van der Waals surface area contributed by atoms with Crippen molar-refractivity contribution in [2.75, 3.05) is 14.2 Å². The number of carbonyl (C=O) groups is 1. The van der Waals surface area contributed by atoms with Gasteiger partial charge in [-0.1, -0.05) is 6.07 Å². The van der Waals surface area contributed by atoms with Crippen LogP contribution in [0.15, 0.2) is 30.6 Å². The summed E-state index contributed by atoms with van der Waals surface area (Å²) in [4.78, 5) is 12.0. The van der Waals surface area contributed by atoms with Gasteiger partial charge >= 0.3 is 0 Å². The number of amides is 1. The molecule has 0 bridgehead atoms. The van der Waals surface area contributed by atoms with Crippen LogP contribution in [0.3, 0.4) is 0 Å². The molecule has 0 saturated carbocycles. The molecule has 7 nitrogen and oxygen atoms in total.